The zero-order chi connectivity index (χ0) is 37.3. The molecule has 0 atom stereocenters. The number of hydrogen-bond acceptors (Lipinski definition) is 0. The quantitative estimate of drug-likeness (QED) is 0.0848. The molecule has 0 N–H and O–H groups in total. The van der Waals surface area contributed by atoms with Gasteiger partial charge >= 0.3 is 22.4 Å². The smallest absolute Gasteiger partial charge is 0.292 e. The summed E-state index contributed by atoms with van der Waals surface area (Å²) in [4.78, 5) is 0. The van der Waals surface area contributed by atoms with Gasteiger partial charge < -0.3 is 0 Å². The third-order valence-corrected chi connectivity index (χ3v) is 17.1. The van der Waals surface area contributed by atoms with E-state index in [0.717, 1.165) is 12.0 Å². The first-order valence-corrected chi connectivity index (χ1v) is 22.2. The molecule has 0 aliphatic heterocycles. The first-order chi connectivity index (χ1) is 26.2. The second-order valence-electron chi connectivity index (χ2n) is 16.0. The standard InChI is InChI=1S/C37H36P2.C15H11.2Au/c1-36(2)27-37(3,4)33-26-35(39(30-21-13-7-14-22-30)31-23-15-8-16-24-31)34(25-32(33)36)38(28-17-9-5-10-18-28)29-19-11-6-12-20-29;1-2-11-7-5-8-13-10-12-6-3-4-9-14(12)15(11)13;;/h5-26H,27H2,1-4H3;1-9H,10H2;;/q;-1;;+1/p+2. The molecular weight excluding hydrogens is 1080 g/mol. The predicted octanol–water partition coefficient (Wildman–Crippen LogP) is 10.3. The molecule has 9 rings (SSSR count). The normalized spacial score (nSPS) is 14.0. The molecule has 4 heteroatoms. The average molecular weight is 1130 g/mol. The van der Waals surface area contributed by atoms with Gasteiger partial charge in [0.2, 0.25) is 0 Å². The Kier molecular flexibility index (Phi) is 13.6. The zero-order valence-corrected chi connectivity index (χ0v) is 38.7. The van der Waals surface area contributed by atoms with Crippen LogP contribution in [0.25, 0.3) is 17.2 Å². The zero-order valence-electron chi connectivity index (χ0n) is 32.4. The summed E-state index contributed by atoms with van der Waals surface area (Å²) in [6, 6.07) is 65.3. The molecular formula is C52H49Au2P2+2. The van der Waals surface area contributed by atoms with Gasteiger partial charge in [-0.05, 0) is 107 Å². The van der Waals surface area contributed by atoms with Crippen LogP contribution in [0.5, 0.6) is 0 Å². The third-order valence-electron chi connectivity index (χ3n) is 11.3. The summed E-state index contributed by atoms with van der Waals surface area (Å²) in [7, 11) is -2.49. The molecule has 56 heavy (non-hydrogen) atoms. The Morgan fingerprint density at radius 3 is 1.27 bits per heavy atom. The summed E-state index contributed by atoms with van der Waals surface area (Å²) in [6.07, 6.45) is 3.91. The van der Waals surface area contributed by atoms with Gasteiger partial charge in [0.25, 0.3) is 0 Å². The topological polar surface area (TPSA) is 0 Å². The van der Waals surface area contributed by atoms with Crippen molar-refractivity contribution in [2.75, 3.05) is 0 Å². The summed E-state index contributed by atoms with van der Waals surface area (Å²) in [6.45, 7) is 15.4. The van der Waals surface area contributed by atoms with E-state index in [0.29, 0.717) is 0 Å². The molecule has 7 aromatic carbocycles. The fourth-order valence-corrected chi connectivity index (χ4v) is 15.2. The van der Waals surface area contributed by atoms with Crippen LogP contribution in [0.3, 0.4) is 0 Å². The fraction of sp³-hybridized carbons (Fsp3) is 0.154. The van der Waals surface area contributed by atoms with Gasteiger partial charge in [-0.3, -0.25) is 6.58 Å². The number of fused-ring (bicyclic) bond motifs is 4. The van der Waals surface area contributed by atoms with Crippen molar-refractivity contribution < 1.29 is 44.8 Å². The van der Waals surface area contributed by atoms with Crippen LogP contribution in [0.2, 0.25) is 0 Å². The van der Waals surface area contributed by atoms with E-state index in [-0.39, 0.29) is 55.6 Å². The van der Waals surface area contributed by atoms with Crippen molar-refractivity contribution in [3.8, 4) is 11.1 Å². The van der Waals surface area contributed by atoms with Crippen molar-refractivity contribution in [2.24, 2.45) is 0 Å². The van der Waals surface area contributed by atoms with Crippen LogP contribution in [0, 0.1) is 6.58 Å². The number of benzene rings is 7. The second-order valence-corrected chi connectivity index (χ2v) is 20.9. The summed E-state index contributed by atoms with van der Waals surface area (Å²) in [5.74, 6) is 0. The third kappa shape index (κ3) is 8.43. The maximum atomic E-state index is 5.66. The fourth-order valence-electron chi connectivity index (χ4n) is 9.16. The van der Waals surface area contributed by atoms with Gasteiger partial charge in [0.05, 0.1) is 0 Å². The molecule has 0 saturated heterocycles. The molecule has 0 heterocycles. The molecule has 0 amide bonds. The van der Waals surface area contributed by atoms with Crippen LogP contribution in [0.4, 0.5) is 0 Å². The summed E-state index contributed by atoms with van der Waals surface area (Å²) >= 11 is 0. The Morgan fingerprint density at radius 1 is 0.482 bits per heavy atom. The maximum absolute atomic E-state index is 5.66. The van der Waals surface area contributed by atoms with Crippen molar-refractivity contribution in [3.05, 3.63) is 210 Å². The van der Waals surface area contributed by atoms with E-state index in [4.69, 9.17) is 6.58 Å². The molecule has 0 unspecified atom stereocenters. The minimum atomic E-state index is -1.25. The molecule has 0 saturated carbocycles. The molecule has 0 nitrogen and oxygen atoms in total. The van der Waals surface area contributed by atoms with Crippen molar-refractivity contribution in [2.45, 2.75) is 51.4 Å². The van der Waals surface area contributed by atoms with E-state index in [1.54, 1.807) is 27.8 Å². The first kappa shape index (κ1) is 42.2. The van der Waals surface area contributed by atoms with E-state index >= 15 is 0 Å². The molecule has 1 radical (unpaired) electrons. The van der Waals surface area contributed by atoms with E-state index < -0.39 is 15.8 Å². The largest absolute Gasteiger partial charge is 1.00 e. The van der Waals surface area contributed by atoms with Gasteiger partial charge in [-0.2, -0.15) is 5.56 Å². The SMILES string of the molecule is CC1(C)CC(C)(C)c2cc([PH+](c3ccccc3)c3ccccc3)c([PH+](c3ccccc3)c3ccccc3)cc21.[Au+].[Au].[CH-]=Cc1cccc2c1-c1ccccc1C2. The minimum Gasteiger partial charge on any atom is -0.292 e. The van der Waals surface area contributed by atoms with Gasteiger partial charge in [0, 0.05) is 22.4 Å². The van der Waals surface area contributed by atoms with Gasteiger partial charge in [-0.15, -0.1) is 6.07 Å². The molecule has 2 aliphatic carbocycles. The molecule has 7 aromatic rings. The van der Waals surface area contributed by atoms with Gasteiger partial charge in [-0.25, -0.2) is 6.08 Å². The van der Waals surface area contributed by atoms with Crippen LogP contribution in [0.15, 0.2) is 176 Å². The van der Waals surface area contributed by atoms with Crippen molar-refractivity contribution in [1.82, 2.24) is 0 Å². The van der Waals surface area contributed by atoms with Crippen molar-refractivity contribution >= 4 is 53.7 Å². The summed E-state index contributed by atoms with van der Waals surface area (Å²) in [5, 5.41) is 8.92. The Hall–Kier alpha value is -3.38. The van der Waals surface area contributed by atoms with Crippen molar-refractivity contribution in [3.63, 3.8) is 0 Å². The molecule has 2 aliphatic rings. The van der Waals surface area contributed by atoms with Gasteiger partial charge in [-0.1, -0.05) is 148 Å². The molecule has 0 aromatic heterocycles. The van der Waals surface area contributed by atoms with Gasteiger partial charge in [0.15, 0.2) is 0 Å². The second kappa shape index (κ2) is 18.0. The van der Waals surface area contributed by atoms with Crippen LogP contribution in [0.1, 0.15) is 61.9 Å². The average Bonchev–Trinajstić information content (AvgIpc) is 3.67. The van der Waals surface area contributed by atoms with E-state index in [9.17, 15) is 0 Å². The maximum Gasteiger partial charge on any atom is 1.00 e. The Labute approximate surface area is 368 Å². The number of rotatable bonds is 7. The number of hydrogen-bond donors (Lipinski definition) is 0. The monoisotopic (exact) mass is 1130 g/mol. The van der Waals surface area contributed by atoms with Crippen LogP contribution < -0.4 is 31.8 Å². The van der Waals surface area contributed by atoms with Gasteiger partial charge in [0.1, 0.15) is 47.7 Å². The minimum absolute atomic E-state index is 0. The molecule has 0 fully saturated rings. The Morgan fingerprint density at radius 2 is 0.857 bits per heavy atom. The van der Waals surface area contributed by atoms with Crippen LogP contribution in [-0.4, -0.2) is 0 Å². The summed E-state index contributed by atoms with van der Waals surface area (Å²) < 4.78 is 0. The first-order valence-electron chi connectivity index (χ1n) is 19.2. The van der Waals surface area contributed by atoms with E-state index in [1.165, 1.54) is 49.9 Å². The van der Waals surface area contributed by atoms with Crippen molar-refractivity contribution in [1.29, 1.82) is 0 Å². The van der Waals surface area contributed by atoms with E-state index in [2.05, 4.69) is 204 Å². The Balaban J connectivity index is 0.000000262. The molecule has 287 valence electrons. The molecule has 0 bridgehead atoms. The summed E-state index contributed by atoms with van der Waals surface area (Å²) in [5.41, 5.74) is 9.97. The predicted molar refractivity (Wildman–Crippen MR) is 241 cm³/mol. The van der Waals surface area contributed by atoms with E-state index in [1.807, 2.05) is 0 Å². The molecule has 0 spiro atoms. The van der Waals surface area contributed by atoms with Crippen LogP contribution >= 0.6 is 15.8 Å². The Bertz CT molecular complexity index is 2210. The van der Waals surface area contributed by atoms with Crippen LogP contribution in [-0.2, 0) is 62.0 Å².